The molecule has 8 heteroatoms. The summed E-state index contributed by atoms with van der Waals surface area (Å²) in [5.41, 5.74) is 6.00. The van der Waals surface area contributed by atoms with Gasteiger partial charge in [-0.3, -0.25) is 4.79 Å². The molecule has 1 aliphatic heterocycles. The smallest absolute Gasteiger partial charge is 0.263 e. The highest BCUT2D eigenvalue weighted by molar-refractivity contribution is 7.91. The SMILES string of the molecule is C=CCNC(=O)c1sc(N2CCCC2)c(S(C)(=O)=O)c1N. The molecule has 0 aliphatic carbocycles. The molecule has 3 N–H and O–H groups in total. The average molecular weight is 329 g/mol. The fourth-order valence-electron chi connectivity index (χ4n) is 2.32. The van der Waals surface area contributed by atoms with Crippen LogP contribution in [0.5, 0.6) is 0 Å². The average Bonchev–Trinajstić information content (AvgIpc) is 3.01. The molecule has 1 aliphatic rings. The third-order valence-corrected chi connectivity index (χ3v) is 5.81. The van der Waals surface area contributed by atoms with Gasteiger partial charge >= 0.3 is 0 Å². The van der Waals surface area contributed by atoms with Gasteiger partial charge in [0.2, 0.25) is 0 Å². The molecule has 2 rings (SSSR count). The van der Waals surface area contributed by atoms with Crippen LogP contribution in [0.1, 0.15) is 22.5 Å². The number of thiophene rings is 1. The monoisotopic (exact) mass is 329 g/mol. The largest absolute Gasteiger partial charge is 0.396 e. The minimum Gasteiger partial charge on any atom is -0.396 e. The second kappa shape index (κ2) is 6.07. The molecule has 0 radical (unpaired) electrons. The molecule has 1 aromatic heterocycles. The fraction of sp³-hybridized carbons (Fsp3) is 0.462. The summed E-state index contributed by atoms with van der Waals surface area (Å²) in [6.45, 7) is 5.41. The molecule has 1 fully saturated rings. The van der Waals surface area contributed by atoms with Gasteiger partial charge in [0.25, 0.3) is 5.91 Å². The molecule has 116 valence electrons. The van der Waals surface area contributed by atoms with E-state index in [2.05, 4.69) is 11.9 Å². The van der Waals surface area contributed by atoms with E-state index in [1.165, 1.54) is 0 Å². The summed E-state index contributed by atoms with van der Waals surface area (Å²) in [5.74, 6) is -0.368. The van der Waals surface area contributed by atoms with E-state index in [4.69, 9.17) is 5.73 Å². The Hall–Kier alpha value is -1.54. The van der Waals surface area contributed by atoms with Crippen LogP contribution in [0.25, 0.3) is 0 Å². The van der Waals surface area contributed by atoms with Crippen LogP contribution in [0.2, 0.25) is 0 Å². The number of carbonyl (C=O) groups excluding carboxylic acids is 1. The van der Waals surface area contributed by atoms with Gasteiger partial charge in [0.15, 0.2) is 9.84 Å². The van der Waals surface area contributed by atoms with E-state index in [1.807, 2.05) is 4.90 Å². The molecule has 0 bridgehead atoms. The number of amides is 1. The normalized spacial score (nSPS) is 15.2. The van der Waals surface area contributed by atoms with Crippen molar-refractivity contribution in [2.24, 2.45) is 0 Å². The van der Waals surface area contributed by atoms with Gasteiger partial charge in [-0.15, -0.1) is 17.9 Å². The van der Waals surface area contributed by atoms with E-state index in [1.54, 1.807) is 6.08 Å². The third kappa shape index (κ3) is 3.21. The van der Waals surface area contributed by atoms with Crippen molar-refractivity contribution < 1.29 is 13.2 Å². The van der Waals surface area contributed by atoms with Crippen molar-refractivity contribution in [3.05, 3.63) is 17.5 Å². The molecule has 1 amide bonds. The van der Waals surface area contributed by atoms with Crippen LogP contribution in [0.4, 0.5) is 10.7 Å². The lowest BCUT2D eigenvalue weighted by molar-refractivity contribution is 0.0963. The minimum atomic E-state index is -3.49. The molecule has 0 saturated carbocycles. The molecular formula is C13H19N3O3S2. The molecule has 0 unspecified atom stereocenters. The number of hydrogen-bond acceptors (Lipinski definition) is 6. The molecular weight excluding hydrogens is 310 g/mol. The number of nitrogens with one attached hydrogen (secondary N) is 1. The van der Waals surface area contributed by atoms with Crippen molar-refractivity contribution in [2.75, 3.05) is 36.5 Å². The number of sulfone groups is 1. The van der Waals surface area contributed by atoms with Crippen molar-refractivity contribution in [3.63, 3.8) is 0 Å². The lowest BCUT2D eigenvalue weighted by atomic mass is 10.3. The van der Waals surface area contributed by atoms with E-state index in [0.29, 0.717) is 11.5 Å². The Morgan fingerprint density at radius 2 is 2.10 bits per heavy atom. The van der Waals surface area contributed by atoms with Gasteiger partial charge in [-0.25, -0.2) is 8.42 Å². The molecule has 0 atom stereocenters. The van der Waals surface area contributed by atoms with Crippen molar-refractivity contribution >= 4 is 37.8 Å². The van der Waals surface area contributed by atoms with Gasteiger partial charge in [-0.2, -0.15) is 0 Å². The summed E-state index contributed by atoms with van der Waals surface area (Å²) in [5, 5.41) is 3.21. The Balaban J connectivity index is 2.49. The van der Waals surface area contributed by atoms with Gasteiger partial charge in [0, 0.05) is 25.9 Å². The van der Waals surface area contributed by atoms with Gasteiger partial charge in [-0.1, -0.05) is 6.08 Å². The Morgan fingerprint density at radius 3 is 2.62 bits per heavy atom. The molecule has 21 heavy (non-hydrogen) atoms. The highest BCUT2D eigenvalue weighted by Gasteiger charge is 2.30. The lowest BCUT2D eigenvalue weighted by Gasteiger charge is -2.16. The highest BCUT2D eigenvalue weighted by atomic mass is 32.2. The number of nitrogens with zero attached hydrogens (tertiary/aromatic N) is 1. The first kappa shape index (κ1) is 15.8. The summed E-state index contributed by atoms with van der Waals surface area (Å²) in [7, 11) is -3.49. The van der Waals surface area contributed by atoms with Gasteiger partial charge < -0.3 is 16.0 Å². The Kier molecular flexibility index (Phi) is 4.58. The lowest BCUT2D eigenvalue weighted by Crippen LogP contribution is -2.23. The molecule has 1 saturated heterocycles. The zero-order valence-corrected chi connectivity index (χ0v) is 13.5. The summed E-state index contributed by atoms with van der Waals surface area (Å²) < 4.78 is 24.1. The maximum absolute atomic E-state index is 12.1. The quantitative estimate of drug-likeness (QED) is 0.793. The first-order chi connectivity index (χ1) is 9.86. The van der Waals surface area contributed by atoms with Crippen LogP contribution in [0.15, 0.2) is 17.6 Å². The Morgan fingerprint density at radius 1 is 1.48 bits per heavy atom. The van der Waals surface area contributed by atoms with E-state index >= 15 is 0 Å². The minimum absolute atomic E-state index is 0.0472. The predicted molar refractivity (Wildman–Crippen MR) is 85.8 cm³/mol. The summed E-state index contributed by atoms with van der Waals surface area (Å²) in [6.07, 6.45) is 4.70. The number of hydrogen-bond donors (Lipinski definition) is 2. The molecule has 1 aromatic rings. The standard InChI is InChI=1S/C13H19N3O3S2/c1-3-6-15-12(17)10-9(14)11(21(2,18)19)13(20-10)16-7-4-5-8-16/h3H,1,4-8,14H2,2H3,(H,15,17). The summed E-state index contributed by atoms with van der Waals surface area (Å²) in [4.78, 5) is 14.4. The second-order valence-electron chi connectivity index (χ2n) is 4.94. The zero-order valence-electron chi connectivity index (χ0n) is 11.9. The van der Waals surface area contributed by atoms with Crippen molar-refractivity contribution in [1.29, 1.82) is 0 Å². The van der Waals surface area contributed by atoms with Crippen LogP contribution in [-0.4, -0.2) is 40.2 Å². The van der Waals surface area contributed by atoms with E-state index in [9.17, 15) is 13.2 Å². The van der Waals surface area contributed by atoms with Gasteiger partial charge in [0.1, 0.15) is 14.8 Å². The van der Waals surface area contributed by atoms with Crippen LogP contribution in [0.3, 0.4) is 0 Å². The Labute approximate surface area is 128 Å². The van der Waals surface area contributed by atoms with E-state index < -0.39 is 9.84 Å². The van der Waals surface area contributed by atoms with Crippen LogP contribution in [0, 0.1) is 0 Å². The maximum Gasteiger partial charge on any atom is 0.263 e. The van der Waals surface area contributed by atoms with E-state index in [0.717, 1.165) is 43.5 Å². The number of nitrogen functional groups attached to an aromatic ring is 1. The second-order valence-corrected chi connectivity index (χ2v) is 7.90. The van der Waals surface area contributed by atoms with Crippen LogP contribution < -0.4 is 16.0 Å². The van der Waals surface area contributed by atoms with Crippen molar-refractivity contribution in [2.45, 2.75) is 17.7 Å². The first-order valence-corrected chi connectivity index (χ1v) is 9.33. The highest BCUT2D eigenvalue weighted by Crippen LogP contribution is 2.42. The molecule has 0 spiro atoms. The van der Waals surface area contributed by atoms with Crippen LogP contribution >= 0.6 is 11.3 Å². The summed E-state index contributed by atoms with van der Waals surface area (Å²) >= 11 is 1.14. The molecule has 2 heterocycles. The molecule has 0 aromatic carbocycles. The van der Waals surface area contributed by atoms with Crippen LogP contribution in [-0.2, 0) is 9.84 Å². The summed E-state index contributed by atoms with van der Waals surface area (Å²) in [6, 6.07) is 0. The fourth-order valence-corrected chi connectivity index (χ4v) is 4.99. The first-order valence-electron chi connectivity index (χ1n) is 6.62. The molecule has 6 nitrogen and oxygen atoms in total. The maximum atomic E-state index is 12.1. The number of anilines is 2. The number of nitrogens with two attached hydrogens (primary N) is 1. The predicted octanol–water partition coefficient (Wildman–Crippen LogP) is 1.25. The third-order valence-electron chi connectivity index (χ3n) is 3.26. The zero-order chi connectivity index (χ0) is 15.6. The van der Waals surface area contributed by atoms with Gasteiger partial charge in [0.05, 0.1) is 5.69 Å². The topological polar surface area (TPSA) is 92.5 Å². The number of carbonyl (C=O) groups is 1. The van der Waals surface area contributed by atoms with Crippen molar-refractivity contribution in [3.8, 4) is 0 Å². The van der Waals surface area contributed by atoms with Gasteiger partial charge in [-0.05, 0) is 12.8 Å². The Bertz CT molecular complexity index is 658. The van der Waals surface area contributed by atoms with E-state index in [-0.39, 0.29) is 21.4 Å². The van der Waals surface area contributed by atoms with Crippen molar-refractivity contribution in [1.82, 2.24) is 5.32 Å². The number of rotatable bonds is 5.